The Morgan fingerprint density at radius 3 is 1.48 bits per heavy atom. The van der Waals surface area contributed by atoms with Gasteiger partial charge in [0.25, 0.3) is 0 Å². The molecule has 3 aromatic rings. The molecule has 0 saturated heterocycles. The zero-order valence-corrected chi connectivity index (χ0v) is 26.8. The van der Waals surface area contributed by atoms with Crippen molar-refractivity contribution in [2.24, 2.45) is 7.05 Å². The summed E-state index contributed by atoms with van der Waals surface area (Å²) in [4.78, 5) is 31.1. The van der Waals surface area contributed by atoms with Crippen molar-refractivity contribution in [3.8, 4) is 23.5 Å². The SMILES string of the molecule is COc1nc(OCc2c(C)c(C)c(COc3ccc(CNCCNC(C)=O)c(OC)n3)n2C)ccc1CNCCNC(C)=O. The van der Waals surface area contributed by atoms with Crippen LogP contribution in [0.25, 0.3) is 0 Å². The van der Waals surface area contributed by atoms with Gasteiger partial charge in [0.15, 0.2) is 0 Å². The number of carbonyl (C=O) groups excluding carboxylic acids is 2. The molecule has 0 aromatic carbocycles. The van der Waals surface area contributed by atoms with Crippen LogP contribution in [-0.4, -0.2) is 66.7 Å². The van der Waals surface area contributed by atoms with Crippen LogP contribution in [0.3, 0.4) is 0 Å². The standard InChI is InChI=1S/C31H45N7O6/c1-20-21(2)27(19-44-29-11-9-25(31(37-29)42-7)17-33-13-15-35-23(4)40)38(5)26(20)18-43-28-10-8-24(30(36-28)41-6)16-32-12-14-34-22(3)39/h8-11,32-33H,12-19H2,1-7H3,(H,34,39)(H,35,40). The van der Waals surface area contributed by atoms with Gasteiger partial charge in [0.05, 0.1) is 25.6 Å². The van der Waals surface area contributed by atoms with Crippen LogP contribution in [0.15, 0.2) is 24.3 Å². The molecule has 240 valence electrons. The fourth-order valence-electron chi connectivity index (χ4n) is 4.58. The first-order valence-electron chi connectivity index (χ1n) is 14.5. The average molecular weight is 612 g/mol. The Morgan fingerprint density at radius 1 is 0.705 bits per heavy atom. The predicted molar refractivity (Wildman–Crippen MR) is 166 cm³/mol. The molecule has 0 fully saturated rings. The van der Waals surface area contributed by atoms with Crippen molar-refractivity contribution in [1.82, 2.24) is 35.8 Å². The van der Waals surface area contributed by atoms with Gasteiger partial charge in [-0.3, -0.25) is 9.59 Å². The molecule has 0 radical (unpaired) electrons. The minimum atomic E-state index is -0.0549. The monoisotopic (exact) mass is 611 g/mol. The second-order valence-electron chi connectivity index (χ2n) is 10.2. The Bertz CT molecular complexity index is 1310. The number of nitrogens with zero attached hydrogens (tertiary/aromatic N) is 3. The number of nitrogens with one attached hydrogen (secondary N) is 4. The van der Waals surface area contributed by atoms with Crippen molar-refractivity contribution in [3.05, 3.63) is 57.9 Å². The summed E-state index contributed by atoms with van der Waals surface area (Å²) in [6.07, 6.45) is 0. The molecule has 0 saturated carbocycles. The molecule has 2 amide bonds. The maximum Gasteiger partial charge on any atom is 0.220 e. The third-order valence-electron chi connectivity index (χ3n) is 7.15. The van der Waals surface area contributed by atoms with E-state index in [1.807, 2.05) is 31.3 Å². The van der Waals surface area contributed by atoms with Gasteiger partial charge in [-0.1, -0.05) is 0 Å². The van der Waals surface area contributed by atoms with E-state index < -0.39 is 0 Å². The number of hydrogen-bond acceptors (Lipinski definition) is 10. The van der Waals surface area contributed by atoms with Crippen LogP contribution in [-0.2, 0) is 42.9 Å². The lowest BCUT2D eigenvalue weighted by Gasteiger charge is -2.14. The van der Waals surface area contributed by atoms with E-state index in [-0.39, 0.29) is 11.8 Å². The summed E-state index contributed by atoms with van der Waals surface area (Å²) < 4.78 is 25.2. The molecule has 0 bridgehead atoms. The maximum atomic E-state index is 11.0. The lowest BCUT2D eigenvalue weighted by molar-refractivity contribution is -0.119. The summed E-state index contributed by atoms with van der Waals surface area (Å²) in [5, 5.41) is 12.0. The summed E-state index contributed by atoms with van der Waals surface area (Å²) in [5.74, 6) is 1.78. The third kappa shape index (κ3) is 9.85. The number of carbonyl (C=O) groups is 2. The second kappa shape index (κ2) is 17.1. The van der Waals surface area contributed by atoms with Gasteiger partial charge in [0.2, 0.25) is 35.3 Å². The van der Waals surface area contributed by atoms with Crippen molar-refractivity contribution < 1.29 is 28.5 Å². The quantitative estimate of drug-likeness (QED) is 0.158. The van der Waals surface area contributed by atoms with Crippen molar-refractivity contribution in [3.63, 3.8) is 0 Å². The molecule has 3 aromatic heterocycles. The van der Waals surface area contributed by atoms with Crippen LogP contribution in [0, 0.1) is 13.8 Å². The number of methoxy groups -OCH3 is 2. The van der Waals surface area contributed by atoms with E-state index in [1.165, 1.54) is 13.8 Å². The smallest absolute Gasteiger partial charge is 0.220 e. The molecule has 0 aliphatic heterocycles. The van der Waals surface area contributed by atoms with Crippen LogP contribution in [0.4, 0.5) is 0 Å². The molecular weight excluding hydrogens is 566 g/mol. The van der Waals surface area contributed by atoms with E-state index in [0.717, 1.165) is 33.6 Å². The molecule has 13 heteroatoms. The zero-order valence-electron chi connectivity index (χ0n) is 26.8. The second-order valence-corrected chi connectivity index (χ2v) is 10.2. The largest absolute Gasteiger partial charge is 0.481 e. The summed E-state index contributed by atoms with van der Waals surface area (Å²) in [7, 11) is 5.15. The molecule has 0 aliphatic carbocycles. The Morgan fingerprint density at radius 2 is 1.11 bits per heavy atom. The normalized spacial score (nSPS) is 10.8. The van der Waals surface area contributed by atoms with E-state index in [2.05, 4.69) is 49.6 Å². The minimum absolute atomic E-state index is 0.0549. The number of aromatic nitrogens is 3. The molecule has 3 heterocycles. The summed E-state index contributed by atoms with van der Waals surface area (Å²) in [5.41, 5.74) is 6.04. The Labute approximate surface area is 259 Å². The summed E-state index contributed by atoms with van der Waals surface area (Å²) in [6, 6.07) is 7.49. The van der Waals surface area contributed by atoms with Crippen LogP contribution >= 0.6 is 0 Å². The van der Waals surface area contributed by atoms with Gasteiger partial charge in [0.1, 0.15) is 13.2 Å². The molecule has 0 aliphatic rings. The van der Waals surface area contributed by atoms with Crippen LogP contribution in [0.5, 0.6) is 23.5 Å². The predicted octanol–water partition coefficient (Wildman–Crippen LogP) is 2.06. The first-order chi connectivity index (χ1) is 21.1. The van der Waals surface area contributed by atoms with E-state index >= 15 is 0 Å². The number of rotatable bonds is 18. The first-order valence-corrected chi connectivity index (χ1v) is 14.5. The Hall–Kier alpha value is -4.36. The number of hydrogen-bond donors (Lipinski definition) is 4. The van der Waals surface area contributed by atoms with Gasteiger partial charge in [-0.2, -0.15) is 9.97 Å². The highest BCUT2D eigenvalue weighted by atomic mass is 16.5. The van der Waals surface area contributed by atoms with Gasteiger partial charge in [-0.05, 0) is 37.1 Å². The fraction of sp³-hybridized carbons (Fsp3) is 0.484. The molecule has 13 nitrogen and oxygen atoms in total. The summed E-state index contributed by atoms with van der Waals surface area (Å²) >= 11 is 0. The van der Waals surface area contributed by atoms with Gasteiger partial charge >= 0.3 is 0 Å². The lowest BCUT2D eigenvalue weighted by atomic mass is 10.1. The van der Waals surface area contributed by atoms with Gasteiger partial charge in [0, 0.05) is 83.4 Å². The van der Waals surface area contributed by atoms with Crippen LogP contribution in [0.2, 0.25) is 0 Å². The average Bonchev–Trinajstić information content (AvgIpc) is 3.20. The van der Waals surface area contributed by atoms with Crippen LogP contribution < -0.4 is 40.2 Å². The zero-order chi connectivity index (χ0) is 32.1. The molecule has 0 spiro atoms. The molecule has 0 unspecified atom stereocenters. The third-order valence-corrected chi connectivity index (χ3v) is 7.15. The Kier molecular flexibility index (Phi) is 13.2. The number of pyridine rings is 2. The van der Waals surface area contributed by atoms with E-state index in [1.54, 1.807) is 14.2 Å². The topological polar surface area (TPSA) is 150 Å². The van der Waals surface area contributed by atoms with E-state index in [0.29, 0.717) is 76.0 Å². The van der Waals surface area contributed by atoms with Crippen molar-refractivity contribution in [2.75, 3.05) is 40.4 Å². The highest BCUT2D eigenvalue weighted by Crippen LogP contribution is 2.26. The lowest BCUT2D eigenvalue weighted by Crippen LogP contribution is -2.30. The number of ether oxygens (including phenoxy) is 4. The molecule has 4 N–H and O–H groups in total. The number of amides is 2. The van der Waals surface area contributed by atoms with Crippen molar-refractivity contribution >= 4 is 11.8 Å². The highest BCUT2D eigenvalue weighted by Gasteiger charge is 2.17. The van der Waals surface area contributed by atoms with E-state index in [4.69, 9.17) is 18.9 Å². The highest BCUT2D eigenvalue weighted by molar-refractivity contribution is 5.73. The maximum absolute atomic E-state index is 11.0. The Balaban J connectivity index is 1.59. The first kappa shape index (κ1) is 34.1. The summed E-state index contributed by atoms with van der Waals surface area (Å²) in [6.45, 7) is 11.2. The molecular formula is C31H45N7O6. The minimum Gasteiger partial charge on any atom is -0.481 e. The molecule has 3 rings (SSSR count). The molecule has 0 atom stereocenters. The van der Waals surface area contributed by atoms with E-state index in [9.17, 15) is 9.59 Å². The molecule has 44 heavy (non-hydrogen) atoms. The van der Waals surface area contributed by atoms with Gasteiger partial charge in [-0.15, -0.1) is 0 Å². The van der Waals surface area contributed by atoms with Crippen LogP contribution in [0.1, 0.15) is 47.5 Å². The van der Waals surface area contributed by atoms with Crippen molar-refractivity contribution in [1.29, 1.82) is 0 Å². The van der Waals surface area contributed by atoms with Gasteiger partial charge < -0.3 is 44.8 Å². The van der Waals surface area contributed by atoms with Crippen molar-refractivity contribution in [2.45, 2.75) is 54.0 Å². The van der Waals surface area contributed by atoms with Gasteiger partial charge in [-0.25, -0.2) is 0 Å². The fourth-order valence-corrected chi connectivity index (χ4v) is 4.58.